The molecule has 0 unspecified atom stereocenters. The quantitative estimate of drug-likeness (QED) is 0.786. The Bertz CT molecular complexity index is 693. The summed E-state index contributed by atoms with van der Waals surface area (Å²) in [7, 11) is 1.69. The Balaban J connectivity index is 2.15. The molecule has 0 bridgehead atoms. The Morgan fingerprint density at radius 1 is 1.13 bits per heavy atom. The third-order valence-electron chi connectivity index (χ3n) is 4.71. The van der Waals surface area contributed by atoms with E-state index in [4.69, 9.17) is 9.47 Å². The summed E-state index contributed by atoms with van der Waals surface area (Å²) in [6.45, 7) is 2.25. The molecule has 2 aromatic carbocycles. The summed E-state index contributed by atoms with van der Waals surface area (Å²) in [5.74, 6) is 0.697. The van der Waals surface area contributed by atoms with Crippen molar-refractivity contribution in [3.63, 3.8) is 0 Å². The van der Waals surface area contributed by atoms with Crippen LogP contribution in [0.25, 0.3) is 0 Å². The number of aryl methyl sites for hydroxylation is 1. The number of benzene rings is 2. The van der Waals surface area contributed by atoms with Crippen LogP contribution in [0.2, 0.25) is 0 Å². The SMILES string of the molecule is CCOC(=O)C[C@@]1(c2ccccc2)CCc2cccc(OC)c21. The van der Waals surface area contributed by atoms with E-state index in [1.54, 1.807) is 7.11 Å². The van der Waals surface area contributed by atoms with Gasteiger partial charge in [0.15, 0.2) is 0 Å². The summed E-state index contributed by atoms with van der Waals surface area (Å²) in [6.07, 6.45) is 2.19. The molecule has 1 atom stereocenters. The van der Waals surface area contributed by atoms with Crippen LogP contribution in [-0.2, 0) is 21.4 Å². The Hall–Kier alpha value is -2.29. The largest absolute Gasteiger partial charge is 0.496 e. The highest BCUT2D eigenvalue weighted by Crippen LogP contribution is 2.50. The minimum Gasteiger partial charge on any atom is -0.496 e. The average molecular weight is 310 g/mol. The molecule has 0 aliphatic heterocycles. The second-order valence-electron chi connectivity index (χ2n) is 5.92. The molecule has 120 valence electrons. The molecular formula is C20H22O3. The maximum Gasteiger partial charge on any atom is 0.307 e. The second-order valence-corrected chi connectivity index (χ2v) is 5.92. The fourth-order valence-corrected chi connectivity index (χ4v) is 3.75. The van der Waals surface area contributed by atoms with Crippen molar-refractivity contribution in [2.24, 2.45) is 0 Å². The second kappa shape index (κ2) is 6.45. The lowest BCUT2D eigenvalue weighted by molar-refractivity contribution is -0.144. The van der Waals surface area contributed by atoms with Gasteiger partial charge in [0.05, 0.1) is 20.1 Å². The predicted molar refractivity (Wildman–Crippen MR) is 89.8 cm³/mol. The van der Waals surface area contributed by atoms with Crippen LogP contribution in [0.3, 0.4) is 0 Å². The van der Waals surface area contributed by atoms with E-state index in [0.29, 0.717) is 13.0 Å². The van der Waals surface area contributed by atoms with Crippen molar-refractivity contribution < 1.29 is 14.3 Å². The smallest absolute Gasteiger partial charge is 0.307 e. The summed E-state index contributed by atoms with van der Waals surface area (Å²) < 4.78 is 10.9. The fourth-order valence-electron chi connectivity index (χ4n) is 3.75. The number of methoxy groups -OCH3 is 1. The van der Waals surface area contributed by atoms with E-state index in [2.05, 4.69) is 18.2 Å². The normalized spacial score (nSPS) is 19.2. The van der Waals surface area contributed by atoms with Crippen LogP contribution in [0, 0.1) is 0 Å². The van der Waals surface area contributed by atoms with Crippen molar-refractivity contribution >= 4 is 5.97 Å². The van der Waals surface area contributed by atoms with Crippen LogP contribution >= 0.6 is 0 Å². The predicted octanol–water partition coefficient (Wildman–Crippen LogP) is 3.88. The number of rotatable bonds is 5. The van der Waals surface area contributed by atoms with Gasteiger partial charge in [-0.1, -0.05) is 42.5 Å². The topological polar surface area (TPSA) is 35.5 Å². The molecule has 0 saturated heterocycles. The molecule has 23 heavy (non-hydrogen) atoms. The van der Waals surface area contributed by atoms with Gasteiger partial charge in [0.2, 0.25) is 0 Å². The zero-order chi connectivity index (χ0) is 16.3. The number of fused-ring (bicyclic) bond motifs is 1. The van der Waals surface area contributed by atoms with Crippen LogP contribution < -0.4 is 4.74 Å². The molecule has 3 heteroatoms. The Morgan fingerprint density at radius 3 is 2.61 bits per heavy atom. The van der Waals surface area contributed by atoms with Crippen molar-refractivity contribution in [3.05, 3.63) is 65.2 Å². The standard InChI is InChI=1S/C20H22O3/c1-3-23-18(21)14-20(16-9-5-4-6-10-16)13-12-15-8-7-11-17(22-2)19(15)20/h4-11H,3,12-14H2,1-2H3/t20-/m1/s1. The van der Waals surface area contributed by atoms with E-state index in [1.807, 2.05) is 37.3 Å². The fraction of sp³-hybridized carbons (Fsp3) is 0.350. The first-order chi connectivity index (χ1) is 11.2. The third kappa shape index (κ3) is 2.72. The number of hydrogen-bond donors (Lipinski definition) is 0. The Morgan fingerprint density at radius 2 is 1.91 bits per heavy atom. The van der Waals surface area contributed by atoms with Gasteiger partial charge in [-0.2, -0.15) is 0 Å². The first-order valence-electron chi connectivity index (χ1n) is 8.09. The van der Waals surface area contributed by atoms with Gasteiger partial charge in [-0.3, -0.25) is 4.79 Å². The van der Waals surface area contributed by atoms with Crippen LogP contribution in [0.4, 0.5) is 0 Å². The maximum absolute atomic E-state index is 12.3. The van der Waals surface area contributed by atoms with Crippen molar-refractivity contribution in [3.8, 4) is 5.75 Å². The van der Waals surface area contributed by atoms with Crippen molar-refractivity contribution in [2.75, 3.05) is 13.7 Å². The lowest BCUT2D eigenvalue weighted by Gasteiger charge is -2.31. The molecule has 3 rings (SSSR count). The lowest BCUT2D eigenvalue weighted by atomic mass is 9.72. The van der Waals surface area contributed by atoms with E-state index < -0.39 is 0 Å². The molecule has 1 aliphatic rings. The molecule has 0 spiro atoms. The molecule has 2 aromatic rings. The summed E-state index contributed by atoms with van der Waals surface area (Å²) in [5, 5.41) is 0. The van der Waals surface area contributed by atoms with Crippen LogP contribution in [0.5, 0.6) is 5.75 Å². The van der Waals surface area contributed by atoms with Gasteiger partial charge in [0.1, 0.15) is 5.75 Å². The summed E-state index contributed by atoms with van der Waals surface area (Å²) in [6, 6.07) is 16.4. The summed E-state index contributed by atoms with van der Waals surface area (Å²) in [4.78, 5) is 12.3. The first kappa shape index (κ1) is 15.6. The molecule has 0 aromatic heterocycles. The highest BCUT2D eigenvalue weighted by atomic mass is 16.5. The number of ether oxygens (including phenoxy) is 2. The molecule has 0 saturated carbocycles. The van der Waals surface area contributed by atoms with Crippen LogP contribution in [-0.4, -0.2) is 19.7 Å². The van der Waals surface area contributed by atoms with Gasteiger partial charge in [-0.15, -0.1) is 0 Å². The molecule has 1 aliphatic carbocycles. The number of esters is 1. The highest BCUT2D eigenvalue weighted by molar-refractivity contribution is 5.74. The average Bonchev–Trinajstić information content (AvgIpc) is 2.96. The number of carbonyl (C=O) groups excluding carboxylic acids is 1. The monoisotopic (exact) mass is 310 g/mol. The molecule has 0 radical (unpaired) electrons. The molecule has 3 nitrogen and oxygen atoms in total. The zero-order valence-corrected chi connectivity index (χ0v) is 13.7. The lowest BCUT2D eigenvalue weighted by Crippen LogP contribution is -2.29. The van der Waals surface area contributed by atoms with Gasteiger partial charge in [-0.05, 0) is 37.0 Å². The molecule has 0 amide bonds. The van der Waals surface area contributed by atoms with Gasteiger partial charge in [0, 0.05) is 11.0 Å². The summed E-state index contributed by atoms with van der Waals surface area (Å²) in [5.41, 5.74) is 3.19. The van der Waals surface area contributed by atoms with E-state index in [0.717, 1.165) is 29.7 Å². The number of carbonyl (C=O) groups is 1. The molecular weight excluding hydrogens is 288 g/mol. The highest BCUT2D eigenvalue weighted by Gasteiger charge is 2.44. The van der Waals surface area contributed by atoms with Crippen molar-refractivity contribution in [2.45, 2.75) is 31.6 Å². The Kier molecular flexibility index (Phi) is 4.37. The first-order valence-corrected chi connectivity index (χ1v) is 8.09. The van der Waals surface area contributed by atoms with E-state index >= 15 is 0 Å². The van der Waals surface area contributed by atoms with Crippen LogP contribution in [0.15, 0.2) is 48.5 Å². The van der Waals surface area contributed by atoms with Gasteiger partial charge in [0.25, 0.3) is 0 Å². The Labute approximate surface area is 137 Å². The van der Waals surface area contributed by atoms with Crippen molar-refractivity contribution in [1.82, 2.24) is 0 Å². The third-order valence-corrected chi connectivity index (χ3v) is 4.71. The van der Waals surface area contributed by atoms with E-state index in [1.165, 1.54) is 5.56 Å². The zero-order valence-electron chi connectivity index (χ0n) is 13.7. The minimum absolute atomic E-state index is 0.157. The van der Waals surface area contributed by atoms with Crippen molar-refractivity contribution in [1.29, 1.82) is 0 Å². The molecule has 0 fully saturated rings. The van der Waals surface area contributed by atoms with E-state index in [-0.39, 0.29) is 11.4 Å². The van der Waals surface area contributed by atoms with Crippen LogP contribution in [0.1, 0.15) is 36.5 Å². The number of hydrogen-bond acceptors (Lipinski definition) is 3. The summed E-state index contributed by atoms with van der Waals surface area (Å²) >= 11 is 0. The molecule has 0 heterocycles. The maximum atomic E-state index is 12.3. The minimum atomic E-state index is -0.366. The van der Waals surface area contributed by atoms with Gasteiger partial charge in [-0.25, -0.2) is 0 Å². The van der Waals surface area contributed by atoms with E-state index in [9.17, 15) is 4.79 Å². The van der Waals surface area contributed by atoms with Gasteiger partial charge >= 0.3 is 5.97 Å². The molecule has 0 N–H and O–H groups in total. The van der Waals surface area contributed by atoms with Gasteiger partial charge < -0.3 is 9.47 Å².